The van der Waals surface area contributed by atoms with Crippen LogP contribution < -0.4 is 10.6 Å². The maximum atomic E-state index is 13.4. The summed E-state index contributed by atoms with van der Waals surface area (Å²) in [5, 5.41) is 0. The molecule has 2 unspecified atom stereocenters. The smallest absolute Gasteiger partial charge is 0.148 e. The number of nitrogens with two attached hydrogens (primary N) is 1. The number of nitrogens with zero attached hydrogens (tertiary/aromatic N) is 1. The van der Waals surface area contributed by atoms with Gasteiger partial charge in [0.25, 0.3) is 0 Å². The van der Waals surface area contributed by atoms with Crippen LogP contribution >= 0.6 is 0 Å². The molecule has 2 rings (SSSR count). The van der Waals surface area contributed by atoms with Crippen LogP contribution in [0.25, 0.3) is 0 Å². The maximum absolute atomic E-state index is 13.4. The van der Waals surface area contributed by atoms with Gasteiger partial charge >= 0.3 is 0 Å². The van der Waals surface area contributed by atoms with Gasteiger partial charge < -0.3 is 20.1 Å². The van der Waals surface area contributed by atoms with Gasteiger partial charge in [0.2, 0.25) is 0 Å². The van der Waals surface area contributed by atoms with Gasteiger partial charge in [0.15, 0.2) is 0 Å². The Morgan fingerprint density at radius 2 is 1.82 bits per heavy atom. The van der Waals surface area contributed by atoms with Gasteiger partial charge in [-0.2, -0.15) is 0 Å². The summed E-state index contributed by atoms with van der Waals surface area (Å²) in [6.07, 6.45) is -0.0228. The monoisotopic (exact) mass is 240 g/mol. The Hall–Kier alpha value is -1.33. The van der Waals surface area contributed by atoms with Crippen LogP contribution in [0, 0.1) is 5.82 Å². The van der Waals surface area contributed by atoms with E-state index < -0.39 is 5.82 Å². The summed E-state index contributed by atoms with van der Waals surface area (Å²) in [5.74, 6) is -0.391. The number of para-hydroxylation sites is 1. The highest BCUT2D eigenvalue weighted by Gasteiger charge is 2.33. The van der Waals surface area contributed by atoms with Crippen molar-refractivity contribution in [3.05, 3.63) is 24.0 Å². The van der Waals surface area contributed by atoms with E-state index in [1.807, 2.05) is 11.0 Å². The van der Waals surface area contributed by atoms with Crippen molar-refractivity contribution < 1.29 is 13.9 Å². The van der Waals surface area contributed by atoms with Crippen molar-refractivity contribution in [3.8, 4) is 0 Å². The zero-order valence-electron chi connectivity index (χ0n) is 10.0. The van der Waals surface area contributed by atoms with Crippen molar-refractivity contribution in [2.45, 2.75) is 12.2 Å². The third-order valence-electron chi connectivity index (χ3n) is 3.19. The SMILES string of the molecule is COC1CN(c2cccc(F)c2N)CC1OC. The molecule has 0 aliphatic carbocycles. The van der Waals surface area contributed by atoms with Crippen LogP contribution in [0.5, 0.6) is 0 Å². The van der Waals surface area contributed by atoms with E-state index in [9.17, 15) is 4.39 Å². The molecule has 5 heteroatoms. The van der Waals surface area contributed by atoms with Crippen LogP contribution in [0.2, 0.25) is 0 Å². The van der Waals surface area contributed by atoms with Gasteiger partial charge in [-0.25, -0.2) is 4.39 Å². The summed E-state index contributed by atoms with van der Waals surface area (Å²) in [5.41, 5.74) is 6.62. The number of anilines is 2. The van der Waals surface area contributed by atoms with Crippen molar-refractivity contribution in [1.82, 2.24) is 0 Å². The Kier molecular flexibility index (Phi) is 3.49. The van der Waals surface area contributed by atoms with E-state index in [-0.39, 0.29) is 17.9 Å². The first-order valence-electron chi connectivity index (χ1n) is 5.52. The third-order valence-corrected chi connectivity index (χ3v) is 3.19. The van der Waals surface area contributed by atoms with Crippen LogP contribution in [0.3, 0.4) is 0 Å². The van der Waals surface area contributed by atoms with Crippen molar-refractivity contribution in [2.75, 3.05) is 37.9 Å². The van der Waals surface area contributed by atoms with E-state index in [1.54, 1.807) is 20.3 Å². The molecule has 1 aromatic carbocycles. The molecule has 2 atom stereocenters. The molecule has 2 N–H and O–H groups in total. The summed E-state index contributed by atoms with van der Waals surface area (Å²) in [4.78, 5) is 1.99. The zero-order valence-corrected chi connectivity index (χ0v) is 10.0. The van der Waals surface area contributed by atoms with Gasteiger partial charge in [0.1, 0.15) is 18.0 Å². The molecule has 1 aliphatic heterocycles. The first kappa shape index (κ1) is 12.1. The number of hydrogen-bond acceptors (Lipinski definition) is 4. The predicted octanol–water partition coefficient (Wildman–Crippen LogP) is 1.26. The second-order valence-electron chi connectivity index (χ2n) is 4.13. The molecule has 4 nitrogen and oxygen atoms in total. The maximum Gasteiger partial charge on any atom is 0.148 e. The van der Waals surface area contributed by atoms with E-state index >= 15 is 0 Å². The first-order chi connectivity index (χ1) is 8.17. The Bertz CT molecular complexity index is 388. The molecule has 0 spiro atoms. The average Bonchev–Trinajstić information content (AvgIpc) is 2.75. The molecule has 94 valence electrons. The molecule has 0 bridgehead atoms. The molecule has 0 aromatic heterocycles. The number of ether oxygens (including phenoxy) is 2. The minimum atomic E-state index is -0.391. The molecule has 17 heavy (non-hydrogen) atoms. The number of halogens is 1. The molecular formula is C12H17FN2O2. The summed E-state index contributed by atoms with van der Waals surface area (Å²) >= 11 is 0. The van der Waals surface area contributed by atoms with Gasteiger partial charge in [-0.1, -0.05) is 6.07 Å². The second kappa shape index (κ2) is 4.89. The Morgan fingerprint density at radius 3 is 2.35 bits per heavy atom. The van der Waals surface area contributed by atoms with Crippen LogP contribution in [-0.4, -0.2) is 39.5 Å². The van der Waals surface area contributed by atoms with Crippen molar-refractivity contribution in [1.29, 1.82) is 0 Å². The van der Waals surface area contributed by atoms with Gasteiger partial charge in [-0.3, -0.25) is 0 Å². The highest BCUT2D eigenvalue weighted by atomic mass is 19.1. The van der Waals surface area contributed by atoms with Crippen LogP contribution in [0.4, 0.5) is 15.8 Å². The molecule has 1 saturated heterocycles. The van der Waals surface area contributed by atoms with Crippen molar-refractivity contribution in [3.63, 3.8) is 0 Å². The number of rotatable bonds is 3. The Labute approximate surface area is 100 Å². The van der Waals surface area contributed by atoms with E-state index in [0.717, 1.165) is 0 Å². The Morgan fingerprint density at radius 1 is 1.24 bits per heavy atom. The van der Waals surface area contributed by atoms with Crippen molar-refractivity contribution in [2.24, 2.45) is 0 Å². The van der Waals surface area contributed by atoms with Crippen LogP contribution in [0.15, 0.2) is 18.2 Å². The summed E-state index contributed by atoms with van der Waals surface area (Å²) in [6, 6.07) is 4.82. The lowest BCUT2D eigenvalue weighted by atomic mass is 10.2. The summed E-state index contributed by atoms with van der Waals surface area (Å²) in [6.45, 7) is 1.31. The summed E-state index contributed by atoms with van der Waals surface area (Å²) in [7, 11) is 3.30. The average molecular weight is 240 g/mol. The normalized spacial score (nSPS) is 24.3. The molecule has 1 aliphatic rings. The molecular weight excluding hydrogens is 223 g/mol. The van der Waals surface area contributed by atoms with Gasteiger partial charge in [-0.15, -0.1) is 0 Å². The molecule has 1 aromatic rings. The number of hydrogen-bond donors (Lipinski definition) is 1. The minimum absolute atomic E-state index is 0.0114. The highest BCUT2D eigenvalue weighted by molar-refractivity contribution is 5.68. The third kappa shape index (κ3) is 2.21. The first-order valence-corrected chi connectivity index (χ1v) is 5.52. The molecule has 0 radical (unpaired) electrons. The van der Waals surface area contributed by atoms with E-state index in [0.29, 0.717) is 18.8 Å². The number of methoxy groups -OCH3 is 2. The van der Waals surface area contributed by atoms with E-state index in [2.05, 4.69) is 0 Å². The lowest BCUT2D eigenvalue weighted by Gasteiger charge is -2.20. The topological polar surface area (TPSA) is 47.7 Å². The number of benzene rings is 1. The van der Waals surface area contributed by atoms with Crippen LogP contribution in [-0.2, 0) is 9.47 Å². The fourth-order valence-electron chi connectivity index (χ4n) is 2.19. The van der Waals surface area contributed by atoms with E-state index in [4.69, 9.17) is 15.2 Å². The van der Waals surface area contributed by atoms with E-state index in [1.165, 1.54) is 6.07 Å². The lowest BCUT2D eigenvalue weighted by Crippen LogP contribution is -2.27. The minimum Gasteiger partial charge on any atom is -0.395 e. The van der Waals surface area contributed by atoms with Gasteiger partial charge in [-0.05, 0) is 12.1 Å². The number of nitrogen functional groups attached to an aromatic ring is 1. The Balaban J connectivity index is 2.22. The second-order valence-corrected chi connectivity index (χ2v) is 4.13. The quantitative estimate of drug-likeness (QED) is 0.808. The lowest BCUT2D eigenvalue weighted by molar-refractivity contribution is -0.00461. The van der Waals surface area contributed by atoms with Gasteiger partial charge in [0, 0.05) is 27.3 Å². The largest absolute Gasteiger partial charge is 0.395 e. The van der Waals surface area contributed by atoms with Crippen molar-refractivity contribution >= 4 is 11.4 Å². The standard InChI is InChI=1S/C12H17FN2O2/c1-16-10-6-15(7-11(10)17-2)9-5-3-4-8(13)12(9)14/h3-5,10-11H,6-7,14H2,1-2H3. The molecule has 1 heterocycles. The fourth-order valence-corrected chi connectivity index (χ4v) is 2.19. The zero-order chi connectivity index (χ0) is 12.4. The van der Waals surface area contributed by atoms with Crippen LogP contribution in [0.1, 0.15) is 0 Å². The predicted molar refractivity (Wildman–Crippen MR) is 64.6 cm³/mol. The molecule has 0 amide bonds. The molecule has 1 fully saturated rings. The highest BCUT2D eigenvalue weighted by Crippen LogP contribution is 2.29. The summed E-state index contributed by atoms with van der Waals surface area (Å²) < 4.78 is 24.0. The fraction of sp³-hybridized carbons (Fsp3) is 0.500. The molecule has 0 saturated carbocycles. The van der Waals surface area contributed by atoms with Gasteiger partial charge in [0.05, 0.1) is 11.4 Å².